The predicted octanol–water partition coefficient (Wildman–Crippen LogP) is 6.54. The second kappa shape index (κ2) is 8.44. The lowest BCUT2D eigenvalue weighted by atomic mass is 10.1. The molecule has 2 aromatic carbocycles. The van der Waals surface area contributed by atoms with E-state index >= 15 is 0 Å². The van der Waals surface area contributed by atoms with Crippen molar-refractivity contribution in [2.75, 3.05) is 5.32 Å². The van der Waals surface area contributed by atoms with E-state index in [0.717, 1.165) is 18.1 Å². The van der Waals surface area contributed by atoms with E-state index in [2.05, 4.69) is 15.4 Å². The third-order valence-electron chi connectivity index (χ3n) is 4.80. The second-order valence-corrected chi connectivity index (χ2v) is 7.75. The fourth-order valence-electron chi connectivity index (χ4n) is 3.12. The Morgan fingerprint density at radius 1 is 1.06 bits per heavy atom. The quantitative estimate of drug-likeness (QED) is 0.362. The Morgan fingerprint density at radius 3 is 2.31 bits per heavy atom. The van der Waals surface area contributed by atoms with Gasteiger partial charge in [0.2, 0.25) is 0 Å². The van der Waals surface area contributed by atoms with Gasteiger partial charge >= 0.3 is 6.18 Å². The number of hydrogen-bond donors (Lipinski definition) is 1. The van der Waals surface area contributed by atoms with Gasteiger partial charge in [-0.2, -0.15) is 18.3 Å². The Hall–Kier alpha value is -3.10. The summed E-state index contributed by atoms with van der Waals surface area (Å²) in [5.41, 5.74) is 0.205. The van der Waals surface area contributed by atoms with Crippen LogP contribution in [0.2, 0.25) is 10.0 Å². The first-order valence-corrected chi connectivity index (χ1v) is 10.3. The molecule has 1 amide bonds. The van der Waals surface area contributed by atoms with Gasteiger partial charge in [-0.15, -0.1) is 0 Å². The molecular formula is C22H15Cl2F3N4O. The van der Waals surface area contributed by atoms with Gasteiger partial charge in [0.1, 0.15) is 5.02 Å². The molecule has 4 rings (SSSR count). The molecule has 0 aliphatic carbocycles. The van der Waals surface area contributed by atoms with Gasteiger partial charge < -0.3 is 5.32 Å². The predicted molar refractivity (Wildman–Crippen MR) is 117 cm³/mol. The van der Waals surface area contributed by atoms with Crippen molar-refractivity contribution in [3.63, 3.8) is 0 Å². The molecule has 0 bridgehead atoms. The fourth-order valence-corrected chi connectivity index (χ4v) is 3.49. The fraction of sp³-hybridized carbons (Fsp3) is 0.136. The van der Waals surface area contributed by atoms with Crippen LogP contribution in [0.1, 0.15) is 28.7 Å². The van der Waals surface area contributed by atoms with E-state index in [-0.39, 0.29) is 22.1 Å². The van der Waals surface area contributed by atoms with Gasteiger partial charge in [-0.25, -0.2) is 9.50 Å². The number of nitrogens with zero attached hydrogens (tertiary/aromatic N) is 3. The minimum absolute atomic E-state index is 0.0189. The molecule has 0 atom stereocenters. The summed E-state index contributed by atoms with van der Waals surface area (Å²) in [5, 5.41) is 6.57. The third-order valence-corrected chi connectivity index (χ3v) is 5.40. The number of alkyl halides is 3. The number of fused-ring (bicyclic) bond motifs is 1. The van der Waals surface area contributed by atoms with Crippen LogP contribution >= 0.6 is 23.2 Å². The Labute approximate surface area is 190 Å². The maximum atomic E-state index is 13.8. The molecule has 0 aliphatic rings. The van der Waals surface area contributed by atoms with E-state index in [1.165, 1.54) is 12.1 Å². The first-order valence-electron chi connectivity index (χ1n) is 9.50. The summed E-state index contributed by atoms with van der Waals surface area (Å²) in [6.45, 7) is 1.99. The van der Waals surface area contributed by atoms with Gasteiger partial charge in [0.05, 0.1) is 5.69 Å². The highest BCUT2D eigenvalue weighted by atomic mass is 35.5. The highest BCUT2D eigenvalue weighted by Crippen LogP contribution is 2.35. The number of rotatable bonds is 4. The summed E-state index contributed by atoms with van der Waals surface area (Å²) in [7, 11) is 0. The van der Waals surface area contributed by atoms with E-state index in [9.17, 15) is 18.0 Å². The van der Waals surface area contributed by atoms with Gasteiger partial charge in [0.15, 0.2) is 17.0 Å². The zero-order valence-corrected chi connectivity index (χ0v) is 18.1. The van der Waals surface area contributed by atoms with Crippen molar-refractivity contribution in [2.24, 2.45) is 0 Å². The summed E-state index contributed by atoms with van der Waals surface area (Å²) in [6.07, 6.45) is -3.93. The van der Waals surface area contributed by atoms with Crippen molar-refractivity contribution in [3.8, 4) is 11.3 Å². The third kappa shape index (κ3) is 4.28. The number of hydrogen-bond acceptors (Lipinski definition) is 3. The Bertz CT molecular complexity index is 1300. The first-order chi connectivity index (χ1) is 15.2. The zero-order chi connectivity index (χ0) is 23.0. The molecule has 10 heteroatoms. The molecule has 2 aromatic heterocycles. The lowest BCUT2D eigenvalue weighted by Gasteiger charge is -2.11. The van der Waals surface area contributed by atoms with Crippen LogP contribution in [0, 0.1) is 0 Å². The largest absolute Gasteiger partial charge is 0.433 e. The van der Waals surface area contributed by atoms with Crippen LogP contribution in [-0.2, 0) is 12.6 Å². The monoisotopic (exact) mass is 478 g/mol. The van der Waals surface area contributed by atoms with Gasteiger partial charge in [-0.3, -0.25) is 4.79 Å². The number of benzene rings is 2. The number of nitrogens with one attached hydrogen (secondary N) is 1. The standard InChI is InChI=1S/C22H15Cl2F3N4O/c1-2-12-3-9-15(10-4-12)28-21(32)19-18(24)20-29-16(13-5-7-14(23)8-6-13)11-17(22(25,26)27)31(20)30-19/h3-11H,2H2,1H3,(H,28,32). The topological polar surface area (TPSA) is 59.3 Å². The van der Waals surface area contributed by atoms with Gasteiger partial charge in [-0.05, 0) is 42.3 Å². The molecule has 0 saturated heterocycles. The Morgan fingerprint density at radius 2 is 1.72 bits per heavy atom. The molecular weight excluding hydrogens is 464 g/mol. The van der Waals surface area contributed by atoms with Crippen molar-refractivity contribution in [3.05, 3.63) is 81.6 Å². The maximum Gasteiger partial charge on any atom is 0.433 e. The first kappa shape index (κ1) is 22.1. The number of carbonyl (C=O) groups excluding carboxylic acids is 1. The van der Waals surface area contributed by atoms with Crippen LogP contribution in [-0.4, -0.2) is 20.5 Å². The number of amides is 1. The smallest absolute Gasteiger partial charge is 0.321 e. The number of aromatic nitrogens is 3. The molecule has 1 N–H and O–H groups in total. The van der Waals surface area contributed by atoms with Gasteiger partial charge in [-0.1, -0.05) is 54.4 Å². The van der Waals surface area contributed by atoms with E-state index in [0.29, 0.717) is 20.8 Å². The van der Waals surface area contributed by atoms with Crippen molar-refractivity contribution >= 4 is 40.4 Å². The minimum Gasteiger partial charge on any atom is -0.321 e. The van der Waals surface area contributed by atoms with Crippen molar-refractivity contribution < 1.29 is 18.0 Å². The van der Waals surface area contributed by atoms with Gasteiger partial charge in [0.25, 0.3) is 5.91 Å². The van der Waals surface area contributed by atoms with Crippen LogP contribution in [0.3, 0.4) is 0 Å². The van der Waals surface area contributed by atoms with Crippen molar-refractivity contribution in [2.45, 2.75) is 19.5 Å². The molecule has 164 valence electrons. The number of aryl methyl sites for hydroxylation is 1. The zero-order valence-electron chi connectivity index (χ0n) is 16.5. The highest BCUT2D eigenvalue weighted by Gasteiger charge is 2.36. The molecule has 0 aliphatic heterocycles. The summed E-state index contributed by atoms with van der Waals surface area (Å²) in [5.74, 6) is -0.745. The van der Waals surface area contributed by atoms with E-state index < -0.39 is 17.8 Å². The lowest BCUT2D eigenvalue weighted by Crippen LogP contribution is -2.15. The lowest BCUT2D eigenvalue weighted by molar-refractivity contribution is -0.142. The maximum absolute atomic E-state index is 13.8. The van der Waals surface area contributed by atoms with Crippen molar-refractivity contribution in [1.29, 1.82) is 0 Å². The molecule has 0 radical (unpaired) electrons. The Kier molecular flexibility index (Phi) is 5.83. The summed E-state index contributed by atoms with van der Waals surface area (Å²) in [4.78, 5) is 16.9. The normalized spacial score (nSPS) is 11.7. The summed E-state index contributed by atoms with van der Waals surface area (Å²) >= 11 is 12.1. The molecule has 0 fully saturated rings. The van der Waals surface area contributed by atoms with Crippen LogP contribution in [0.15, 0.2) is 54.6 Å². The van der Waals surface area contributed by atoms with Crippen LogP contribution in [0.5, 0.6) is 0 Å². The molecule has 5 nitrogen and oxygen atoms in total. The summed E-state index contributed by atoms with van der Waals surface area (Å²) < 4.78 is 41.9. The van der Waals surface area contributed by atoms with E-state index in [1.807, 2.05) is 19.1 Å². The highest BCUT2D eigenvalue weighted by molar-refractivity contribution is 6.37. The van der Waals surface area contributed by atoms with Crippen LogP contribution in [0.25, 0.3) is 16.9 Å². The molecule has 0 spiro atoms. The van der Waals surface area contributed by atoms with Crippen molar-refractivity contribution in [1.82, 2.24) is 14.6 Å². The van der Waals surface area contributed by atoms with Crippen LogP contribution < -0.4 is 5.32 Å². The minimum atomic E-state index is -4.76. The van der Waals surface area contributed by atoms with E-state index in [1.54, 1.807) is 24.3 Å². The average molecular weight is 479 g/mol. The van der Waals surface area contributed by atoms with E-state index in [4.69, 9.17) is 23.2 Å². The molecule has 0 saturated carbocycles. The molecule has 4 aromatic rings. The number of carbonyl (C=O) groups is 1. The van der Waals surface area contributed by atoms with Crippen LogP contribution in [0.4, 0.5) is 18.9 Å². The molecule has 32 heavy (non-hydrogen) atoms. The Balaban J connectivity index is 1.80. The average Bonchev–Trinajstić information content (AvgIpc) is 3.10. The second-order valence-electron chi connectivity index (χ2n) is 6.93. The van der Waals surface area contributed by atoms with Gasteiger partial charge in [0, 0.05) is 16.3 Å². The molecule has 2 heterocycles. The number of anilines is 1. The number of halogens is 5. The summed E-state index contributed by atoms with van der Waals surface area (Å²) in [6, 6.07) is 14.1. The SMILES string of the molecule is CCc1ccc(NC(=O)c2nn3c(C(F)(F)F)cc(-c4ccc(Cl)cc4)nc3c2Cl)cc1. The molecule has 0 unspecified atom stereocenters.